The Morgan fingerprint density at radius 2 is 1.85 bits per heavy atom. The number of hydrogen-bond acceptors (Lipinski definition) is 5. The van der Waals surface area contributed by atoms with E-state index in [1.807, 2.05) is 14.0 Å². The van der Waals surface area contributed by atoms with Crippen LogP contribution in [-0.4, -0.2) is 46.5 Å². The Morgan fingerprint density at radius 1 is 1.13 bits per heavy atom. The number of rotatable bonds is 5. The second-order valence-corrected chi connectivity index (χ2v) is 11.5. The zero-order valence-corrected chi connectivity index (χ0v) is 22.9. The summed E-state index contributed by atoms with van der Waals surface area (Å²) >= 11 is 0. The zero-order valence-electron chi connectivity index (χ0n) is 22.9. The summed E-state index contributed by atoms with van der Waals surface area (Å²) in [6, 6.07) is 6.92. The largest absolute Gasteiger partial charge is 0.495 e. The van der Waals surface area contributed by atoms with Gasteiger partial charge in [0.15, 0.2) is 0 Å². The molecule has 0 spiro atoms. The number of fused-ring (bicyclic) bond motifs is 3. The van der Waals surface area contributed by atoms with E-state index in [2.05, 4.69) is 27.0 Å². The Kier molecular flexibility index (Phi) is 6.54. The molecule has 39 heavy (non-hydrogen) atoms. The van der Waals surface area contributed by atoms with E-state index in [1.54, 1.807) is 24.4 Å². The molecule has 202 valence electrons. The molecule has 8 nitrogen and oxygen atoms in total. The fourth-order valence-corrected chi connectivity index (χ4v) is 7.39. The summed E-state index contributed by atoms with van der Waals surface area (Å²) < 4.78 is 7.29. The van der Waals surface area contributed by atoms with Crippen LogP contribution in [0.4, 0.5) is 5.69 Å². The molecule has 1 N–H and O–H groups in total. The second-order valence-electron chi connectivity index (χ2n) is 11.5. The van der Waals surface area contributed by atoms with Crippen LogP contribution in [0.25, 0.3) is 11.0 Å². The number of benzene rings is 1. The van der Waals surface area contributed by atoms with Gasteiger partial charge in [0.1, 0.15) is 17.5 Å². The van der Waals surface area contributed by atoms with Crippen LogP contribution in [0.2, 0.25) is 0 Å². The number of pyridine rings is 1. The van der Waals surface area contributed by atoms with Gasteiger partial charge in [-0.05, 0) is 79.7 Å². The second kappa shape index (κ2) is 10.0. The molecule has 2 aliphatic carbocycles. The van der Waals surface area contributed by atoms with Crippen molar-refractivity contribution in [1.29, 1.82) is 5.26 Å². The molecule has 2 aromatic heterocycles. The van der Waals surface area contributed by atoms with Gasteiger partial charge in [0, 0.05) is 43.2 Å². The fraction of sp³-hybridized carbons (Fsp3) is 0.484. The minimum Gasteiger partial charge on any atom is -0.495 e. The average molecular weight is 526 g/mol. The maximum absolute atomic E-state index is 13.2. The Bertz CT molecular complexity index is 1480. The van der Waals surface area contributed by atoms with Crippen LogP contribution in [0.15, 0.2) is 30.6 Å². The molecule has 0 radical (unpaired) electrons. The number of carbonyl (C=O) groups is 2. The summed E-state index contributed by atoms with van der Waals surface area (Å²) in [5.74, 6) is 2.02. The van der Waals surface area contributed by atoms with Crippen LogP contribution in [0.3, 0.4) is 0 Å². The summed E-state index contributed by atoms with van der Waals surface area (Å²) in [5.41, 5.74) is 4.54. The van der Waals surface area contributed by atoms with Crippen LogP contribution >= 0.6 is 0 Å². The van der Waals surface area contributed by atoms with Crippen molar-refractivity contribution in [2.45, 2.75) is 51.4 Å². The van der Waals surface area contributed by atoms with E-state index in [9.17, 15) is 14.9 Å². The number of amides is 2. The minimum absolute atomic E-state index is 0.228. The fourth-order valence-electron chi connectivity index (χ4n) is 7.39. The first kappa shape index (κ1) is 25.4. The Balaban J connectivity index is 1.29. The lowest BCUT2D eigenvalue weighted by atomic mass is 9.79. The first-order valence-electron chi connectivity index (χ1n) is 14.0. The van der Waals surface area contributed by atoms with Gasteiger partial charge in [0.2, 0.25) is 5.91 Å². The van der Waals surface area contributed by atoms with E-state index < -0.39 is 0 Å². The minimum atomic E-state index is -0.297. The first-order chi connectivity index (χ1) is 18.9. The number of hydrogen-bond donors (Lipinski definition) is 1. The number of methoxy groups -OCH3 is 1. The molecule has 2 unspecified atom stereocenters. The van der Waals surface area contributed by atoms with E-state index >= 15 is 0 Å². The lowest BCUT2D eigenvalue weighted by molar-refractivity contribution is -0.137. The van der Waals surface area contributed by atoms with E-state index in [1.165, 1.54) is 25.5 Å². The van der Waals surface area contributed by atoms with E-state index in [0.717, 1.165) is 55.4 Å². The number of aromatic nitrogens is 2. The zero-order chi connectivity index (χ0) is 27.3. The summed E-state index contributed by atoms with van der Waals surface area (Å²) in [4.78, 5) is 33.3. The predicted molar refractivity (Wildman–Crippen MR) is 149 cm³/mol. The van der Waals surface area contributed by atoms with Gasteiger partial charge in [-0.3, -0.25) is 9.59 Å². The number of nitrogens with zero attached hydrogens (tertiary/aromatic N) is 4. The standard InChI is InChI=1S/C31H35N5O3/c1-18-25(34-30(37)20-10-11-26(39-3)23(12-20)13-32)14-33-29-27(18)24(17-35(29)2)28-21-8-9-22(28)16-36(15-21)31(38)19-6-4-5-7-19/h10-12,14,17,19,21-22,28H,4-9,15-16H2,1-3H3,(H,34,37)/t21-,22?,28?/m0/s1. The first-order valence-corrected chi connectivity index (χ1v) is 14.0. The van der Waals surface area contributed by atoms with Gasteiger partial charge in [-0.15, -0.1) is 0 Å². The summed E-state index contributed by atoms with van der Waals surface area (Å²) in [6.45, 7) is 3.72. The van der Waals surface area contributed by atoms with Gasteiger partial charge < -0.3 is 19.5 Å². The number of nitrogens with one attached hydrogen (secondary N) is 1. The number of likely N-dealkylation sites (tertiary alicyclic amines) is 1. The van der Waals surface area contributed by atoms with Crippen LogP contribution in [0.5, 0.6) is 5.75 Å². The third kappa shape index (κ3) is 4.34. The number of carbonyl (C=O) groups excluding carboxylic acids is 2. The Labute approximate surface area is 228 Å². The number of ether oxygens (including phenoxy) is 1. The van der Waals surface area contributed by atoms with Crippen molar-refractivity contribution in [2.75, 3.05) is 25.5 Å². The van der Waals surface area contributed by atoms with Gasteiger partial charge >= 0.3 is 0 Å². The molecule has 2 saturated carbocycles. The van der Waals surface area contributed by atoms with Crippen LogP contribution in [-0.2, 0) is 11.8 Å². The number of nitriles is 1. The van der Waals surface area contributed by atoms with Crippen molar-refractivity contribution in [1.82, 2.24) is 14.5 Å². The highest BCUT2D eigenvalue weighted by Crippen LogP contribution is 2.51. The normalized spacial score (nSPS) is 22.7. The van der Waals surface area contributed by atoms with Crippen molar-refractivity contribution in [3.8, 4) is 11.8 Å². The highest BCUT2D eigenvalue weighted by atomic mass is 16.5. The molecule has 6 rings (SSSR count). The molecule has 2 amide bonds. The molecule has 3 aliphatic rings. The monoisotopic (exact) mass is 525 g/mol. The molecule has 3 fully saturated rings. The molecule has 1 saturated heterocycles. The van der Waals surface area contributed by atoms with Crippen molar-refractivity contribution < 1.29 is 14.3 Å². The average Bonchev–Trinajstić information content (AvgIpc) is 3.66. The maximum Gasteiger partial charge on any atom is 0.255 e. The topological polar surface area (TPSA) is 100 Å². The quantitative estimate of drug-likeness (QED) is 0.496. The lowest BCUT2D eigenvalue weighted by Crippen LogP contribution is -2.46. The molecule has 8 heteroatoms. The van der Waals surface area contributed by atoms with Crippen molar-refractivity contribution in [2.24, 2.45) is 24.8 Å². The van der Waals surface area contributed by atoms with E-state index in [-0.39, 0.29) is 11.8 Å². The Hall–Kier alpha value is -3.86. The van der Waals surface area contributed by atoms with Crippen LogP contribution in [0, 0.1) is 36.0 Å². The summed E-state index contributed by atoms with van der Waals surface area (Å²) in [7, 11) is 3.53. The predicted octanol–water partition coefficient (Wildman–Crippen LogP) is 5.16. The molecule has 3 atom stereocenters. The van der Waals surface area contributed by atoms with Gasteiger partial charge in [0.25, 0.3) is 5.91 Å². The molecule has 2 bridgehead atoms. The molecular weight excluding hydrogens is 490 g/mol. The Morgan fingerprint density at radius 3 is 2.51 bits per heavy atom. The number of aryl methyl sites for hydroxylation is 2. The SMILES string of the molecule is COc1ccc(C(=O)Nc2cnc3c(c(C4C5CC[C@H]4CN(C(=O)C4CCCC4)C5)cn3C)c2C)cc1C#N. The molecule has 1 aliphatic heterocycles. The third-order valence-corrected chi connectivity index (χ3v) is 9.31. The van der Waals surface area contributed by atoms with Gasteiger partial charge in [-0.2, -0.15) is 5.26 Å². The molecule has 3 heterocycles. The third-order valence-electron chi connectivity index (χ3n) is 9.31. The van der Waals surface area contributed by atoms with Crippen LogP contribution in [0.1, 0.15) is 71.5 Å². The molecular formula is C31H35N5O3. The van der Waals surface area contributed by atoms with Gasteiger partial charge in [-0.1, -0.05) is 12.8 Å². The van der Waals surface area contributed by atoms with Gasteiger partial charge in [-0.25, -0.2) is 4.98 Å². The maximum atomic E-state index is 13.2. The van der Waals surface area contributed by atoms with Gasteiger partial charge in [0.05, 0.1) is 24.6 Å². The van der Waals surface area contributed by atoms with E-state index in [4.69, 9.17) is 9.72 Å². The number of piperidine rings is 1. The molecule has 3 aromatic rings. The summed E-state index contributed by atoms with van der Waals surface area (Å²) in [6.07, 6.45) is 10.7. The van der Waals surface area contributed by atoms with Crippen molar-refractivity contribution >= 4 is 28.5 Å². The highest BCUT2D eigenvalue weighted by Gasteiger charge is 2.46. The highest BCUT2D eigenvalue weighted by molar-refractivity contribution is 6.06. The lowest BCUT2D eigenvalue weighted by Gasteiger charge is -2.39. The smallest absolute Gasteiger partial charge is 0.255 e. The van der Waals surface area contributed by atoms with Crippen molar-refractivity contribution in [3.63, 3.8) is 0 Å². The van der Waals surface area contributed by atoms with Crippen molar-refractivity contribution in [3.05, 3.63) is 52.8 Å². The number of anilines is 1. The molecule has 1 aromatic carbocycles. The van der Waals surface area contributed by atoms with Crippen LogP contribution < -0.4 is 10.1 Å². The van der Waals surface area contributed by atoms with E-state index in [0.29, 0.717) is 46.2 Å². The summed E-state index contributed by atoms with van der Waals surface area (Å²) in [5, 5.41) is 13.5.